The van der Waals surface area contributed by atoms with Gasteiger partial charge in [-0.25, -0.2) is 0 Å². The molecule has 0 radical (unpaired) electrons. The first-order valence-electron chi connectivity index (χ1n) is 7.40. The molecule has 0 heterocycles. The molecule has 0 aliphatic rings. The minimum absolute atomic E-state index is 0.239. The van der Waals surface area contributed by atoms with E-state index in [1.165, 1.54) is 5.56 Å². The lowest BCUT2D eigenvalue weighted by Gasteiger charge is -2.25. The van der Waals surface area contributed by atoms with Gasteiger partial charge >= 0.3 is 11.9 Å². The van der Waals surface area contributed by atoms with Gasteiger partial charge in [0.25, 0.3) is 0 Å². The van der Waals surface area contributed by atoms with Crippen LogP contribution < -0.4 is 0 Å². The molecule has 0 aliphatic carbocycles. The lowest BCUT2D eigenvalue weighted by atomic mass is 9.83. The number of rotatable bonds is 7. The van der Waals surface area contributed by atoms with Gasteiger partial charge in [0, 0.05) is 0 Å². The van der Waals surface area contributed by atoms with E-state index in [4.69, 9.17) is 9.47 Å². The van der Waals surface area contributed by atoms with Crippen LogP contribution >= 0.6 is 0 Å². The van der Waals surface area contributed by atoms with Crippen molar-refractivity contribution in [3.63, 3.8) is 0 Å². The minimum Gasteiger partial charge on any atom is -0.465 e. The van der Waals surface area contributed by atoms with Crippen LogP contribution in [0.1, 0.15) is 38.8 Å². The van der Waals surface area contributed by atoms with Crippen molar-refractivity contribution in [2.75, 3.05) is 13.2 Å². The second-order valence-corrected chi connectivity index (χ2v) is 5.12. The zero-order valence-electron chi connectivity index (χ0n) is 13.3. The summed E-state index contributed by atoms with van der Waals surface area (Å²) in [5, 5.41) is 0. The Balaban J connectivity index is 3.00. The largest absolute Gasteiger partial charge is 0.465 e. The van der Waals surface area contributed by atoms with E-state index in [9.17, 15) is 9.59 Å². The highest BCUT2D eigenvalue weighted by Gasteiger charge is 2.44. The Hall–Kier alpha value is -1.84. The predicted octanol–water partition coefficient (Wildman–Crippen LogP) is 2.92. The molecule has 0 fully saturated rings. The molecule has 1 rings (SSSR count). The van der Waals surface area contributed by atoms with Crippen molar-refractivity contribution in [3.05, 3.63) is 35.4 Å². The van der Waals surface area contributed by atoms with Gasteiger partial charge < -0.3 is 9.47 Å². The van der Waals surface area contributed by atoms with Gasteiger partial charge in [-0.1, -0.05) is 31.2 Å². The summed E-state index contributed by atoms with van der Waals surface area (Å²) in [5.41, 5.74) is 0.822. The SMILES string of the molecule is CCOC(=O)C(C)(Cc1ccc(CC)cc1)C(=O)OCC. The first-order valence-corrected chi connectivity index (χ1v) is 7.40. The lowest BCUT2D eigenvalue weighted by Crippen LogP contribution is -2.41. The normalized spacial score (nSPS) is 11.0. The van der Waals surface area contributed by atoms with Crippen LogP contribution in [0.4, 0.5) is 0 Å². The predicted molar refractivity (Wildman–Crippen MR) is 80.9 cm³/mol. The second-order valence-electron chi connectivity index (χ2n) is 5.12. The first kappa shape index (κ1) is 17.2. The third kappa shape index (κ3) is 4.31. The van der Waals surface area contributed by atoms with E-state index >= 15 is 0 Å². The second kappa shape index (κ2) is 7.81. The van der Waals surface area contributed by atoms with E-state index in [0.29, 0.717) is 0 Å². The average molecular weight is 292 g/mol. The molecule has 0 amide bonds. The van der Waals surface area contributed by atoms with Crippen LogP contribution in [0.5, 0.6) is 0 Å². The van der Waals surface area contributed by atoms with Crippen molar-refractivity contribution >= 4 is 11.9 Å². The van der Waals surface area contributed by atoms with E-state index in [1.54, 1.807) is 20.8 Å². The van der Waals surface area contributed by atoms with Gasteiger partial charge in [-0.15, -0.1) is 0 Å². The van der Waals surface area contributed by atoms with Crippen molar-refractivity contribution in [1.29, 1.82) is 0 Å². The number of benzene rings is 1. The first-order chi connectivity index (χ1) is 9.97. The van der Waals surface area contributed by atoms with Gasteiger partial charge in [0.2, 0.25) is 0 Å². The van der Waals surface area contributed by atoms with Crippen LogP contribution in [0.15, 0.2) is 24.3 Å². The molecule has 0 spiro atoms. The van der Waals surface area contributed by atoms with E-state index < -0.39 is 17.4 Å². The fourth-order valence-electron chi connectivity index (χ4n) is 2.11. The summed E-state index contributed by atoms with van der Waals surface area (Å²) in [6, 6.07) is 7.89. The van der Waals surface area contributed by atoms with Crippen molar-refractivity contribution < 1.29 is 19.1 Å². The monoisotopic (exact) mass is 292 g/mol. The summed E-state index contributed by atoms with van der Waals surface area (Å²) in [7, 11) is 0. The smallest absolute Gasteiger partial charge is 0.323 e. The van der Waals surface area contributed by atoms with Crippen molar-refractivity contribution in [3.8, 4) is 0 Å². The Labute approximate surface area is 126 Å². The molecule has 0 saturated carbocycles. The molecule has 4 nitrogen and oxygen atoms in total. The third-order valence-corrected chi connectivity index (χ3v) is 3.44. The number of ether oxygens (including phenoxy) is 2. The van der Waals surface area contributed by atoms with Gasteiger partial charge in [-0.2, -0.15) is 0 Å². The summed E-state index contributed by atoms with van der Waals surface area (Å²) in [6.45, 7) is 7.58. The number of carbonyl (C=O) groups excluding carboxylic acids is 2. The third-order valence-electron chi connectivity index (χ3n) is 3.44. The Morgan fingerprint density at radius 1 is 0.905 bits per heavy atom. The van der Waals surface area contributed by atoms with Crippen LogP contribution in [-0.2, 0) is 31.9 Å². The number of aryl methyl sites for hydroxylation is 1. The Morgan fingerprint density at radius 3 is 1.71 bits per heavy atom. The maximum absolute atomic E-state index is 12.2. The highest BCUT2D eigenvalue weighted by Crippen LogP contribution is 2.27. The van der Waals surface area contributed by atoms with Crippen molar-refractivity contribution in [2.24, 2.45) is 5.41 Å². The summed E-state index contributed by atoms with van der Waals surface area (Å²) >= 11 is 0. The number of hydrogen-bond donors (Lipinski definition) is 0. The van der Waals surface area contributed by atoms with Crippen LogP contribution in [-0.4, -0.2) is 25.2 Å². The zero-order chi connectivity index (χ0) is 15.9. The Kier molecular flexibility index (Phi) is 6.40. The Morgan fingerprint density at radius 2 is 1.33 bits per heavy atom. The molecule has 1 aromatic carbocycles. The van der Waals surface area contributed by atoms with Crippen molar-refractivity contribution in [1.82, 2.24) is 0 Å². The van der Waals surface area contributed by atoms with E-state index in [2.05, 4.69) is 6.92 Å². The molecule has 0 atom stereocenters. The van der Waals surface area contributed by atoms with Gasteiger partial charge in [0.1, 0.15) is 0 Å². The molecule has 4 heteroatoms. The fourth-order valence-corrected chi connectivity index (χ4v) is 2.11. The minimum atomic E-state index is -1.31. The highest BCUT2D eigenvalue weighted by atomic mass is 16.6. The molecule has 0 aliphatic heterocycles. The standard InChI is InChI=1S/C17H24O4/c1-5-13-8-10-14(11-9-13)12-17(4,15(18)20-6-2)16(19)21-7-3/h8-11H,5-7,12H2,1-4H3. The molecule has 1 aromatic rings. The van der Waals surface area contributed by atoms with E-state index in [1.807, 2.05) is 24.3 Å². The van der Waals surface area contributed by atoms with Crippen LogP contribution in [0.3, 0.4) is 0 Å². The number of esters is 2. The number of hydrogen-bond acceptors (Lipinski definition) is 4. The Bertz CT molecular complexity index is 458. The molecule has 116 valence electrons. The maximum atomic E-state index is 12.2. The zero-order valence-corrected chi connectivity index (χ0v) is 13.3. The van der Waals surface area contributed by atoms with Gasteiger partial charge in [-0.3, -0.25) is 9.59 Å². The summed E-state index contributed by atoms with van der Waals surface area (Å²) in [6.07, 6.45) is 1.22. The lowest BCUT2D eigenvalue weighted by molar-refractivity contribution is -0.170. The maximum Gasteiger partial charge on any atom is 0.323 e. The molecule has 0 unspecified atom stereocenters. The summed E-state index contributed by atoms with van der Waals surface area (Å²) in [4.78, 5) is 24.4. The summed E-state index contributed by atoms with van der Waals surface area (Å²) in [5.74, 6) is -1.08. The highest BCUT2D eigenvalue weighted by molar-refractivity contribution is 5.99. The van der Waals surface area contributed by atoms with Crippen LogP contribution in [0.2, 0.25) is 0 Å². The van der Waals surface area contributed by atoms with Gasteiger partial charge in [-0.05, 0) is 44.7 Å². The van der Waals surface area contributed by atoms with Crippen LogP contribution in [0.25, 0.3) is 0 Å². The topological polar surface area (TPSA) is 52.6 Å². The molecular weight excluding hydrogens is 268 g/mol. The van der Waals surface area contributed by atoms with Crippen LogP contribution in [0, 0.1) is 5.41 Å². The molecule has 0 N–H and O–H groups in total. The van der Waals surface area contributed by atoms with Gasteiger partial charge in [0.05, 0.1) is 13.2 Å². The quantitative estimate of drug-likeness (QED) is 0.573. The van der Waals surface area contributed by atoms with E-state index in [-0.39, 0.29) is 19.6 Å². The van der Waals surface area contributed by atoms with Crippen molar-refractivity contribution in [2.45, 2.75) is 40.5 Å². The fraction of sp³-hybridized carbons (Fsp3) is 0.529. The van der Waals surface area contributed by atoms with E-state index in [0.717, 1.165) is 12.0 Å². The molecule has 0 bridgehead atoms. The average Bonchev–Trinajstić information content (AvgIpc) is 2.48. The molecule has 0 aromatic heterocycles. The number of carbonyl (C=O) groups is 2. The molecule has 21 heavy (non-hydrogen) atoms. The van der Waals surface area contributed by atoms with Gasteiger partial charge in [0.15, 0.2) is 5.41 Å². The molecular formula is C17H24O4. The summed E-state index contributed by atoms with van der Waals surface area (Å²) < 4.78 is 10.1. The molecule has 0 saturated heterocycles.